The Hall–Kier alpha value is -0.970. The second-order valence-electron chi connectivity index (χ2n) is 1.29. The zero-order chi connectivity index (χ0) is 6.69. The Morgan fingerprint density at radius 3 is 3.11 bits per heavy atom. The molecule has 1 heterocycles. The molecule has 1 radical (unpaired) electrons. The summed E-state index contributed by atoms with van der Waals surface area (Å²) in [7, 11) is 0. The highest BCUT2D eigenvalue weighted by atomic mass is 32.1. The van der Waals surface area contributed by atoms with E-state index in [1.807, 2.05) is 0 Å². The number of hydrogen-bond acceptors (Lipinski definition) is 4. The van der Waals surface area contributed by atoms with Gasteiger partial charge in [0.1, 0.15) is 5.51 Å². The number of anilines is 1. The van der Waals surface area contributed by atoms with Crippen LogP contribution in [0, 0.1) is 6.92 Å². The first-order valence-corrected chi connectivity index (χ1v) is 3.06. The van der Waals surface area contributed by atoms with E-state index in [2.05, 4.69) is 22.4 Å². The largest absolute Gasteiger partial charge is 0.301 e. The number of nitrogens with zero attached hydrogens (tertiary/aromatic N) is 2. The van der Waals surface area contributed by atoms with Crippen molar-refractivity contribution in [1.29, 1.82) is 0 Å². The molecule has 0 aliphatic heterocycles. The zero-order valence-electron chi connectivity index (χ0n) is 4.50. The number of aromatic nitrogens is 2. The van der Waals surface area contributed by atoms with Crippen LogP contribution < -0.4 is 5.32 Å². The van der Waals surface area contributed by atoms with Crippen LogP contribution in [0.1, 0.15) is 0 Å². The van der Waals surface area contributed by atoms with Gasteiger partial charge in [0, 0.05) is 6.92 Å². The summed E-state index contributed by atoms with van der Waals surface area (Å²) < 4.78 is 0. The third kappa shape index (κ3) is 1.77. The van der Waals surface area contributed by atoms with Crippen LogP contribution in [0.25, 0.3) is 0 Å². The van der Waals surface area contributed by atoms with Gasteiger partial charge in [0.15, 0.2) is 0 Å². The number of hydrogen-bond donors (Lipinski definition) is 1. The quantitative estimate of drug-likeness (QED) is 0.614. The minimum atomic E-state index is -0.369. The highest BCUT2D eigenvalue weighted by Gasteiger charge is 1.95. The number of carbonyl (C=O) groups excluding carboxylic acids is 1. The monoisotopic (exact) mass is 142 g/mol. The summed E-state index contributed by atoms with van der Waals surface area (Å²) in [6.07, 6.45) is 0. The summed E-state index contributed by atoms with van der Waals surface area (Å²) in [5, 5.41) is 9.92. The second kappa shape index (κ2) is 2.54. The lowest BCUT2D eigenvalue weighted by atomic mass is 10.7. The molecule has 0 unspecified atom stereocenters. The molecule has 0 aromatic carbocycles. The lowest BCUT2D eigenvalue weighted by Gasteiger charge is -1.89. The van der Waals surface area contributed by atoms with Gasteiger partial charge in [-0.15, -0.1) is 10.2 Å². The first kappa shape index (κ1) is 6.15. The van der Waals surface area contributed by atoms with Crippen LogP contribution in [0.3, 0.4) is 0 Å². The van der Waals surface area contributed by atoms with Gasteiger partial charge in [-0.2, -0.15) is 0 Å². The van der Waals surface area contributed by atoms with Crippen molar-refractivity contribution in [2.75, 3.05) is 5.32 Å². The SMILES string of the molecule is [CH2]C(=O)Nc1nncs1. The summed E-state index contributed by atoms with van der Waals surface area (Å²) >= 11 is 1.26. The van der Waals surface area contributed by atoms with Crippen molar-refractivity contribution in [2.24, 2.45) is 0 Å². The summed E-state index contributed by atoms with van der Waals surface area (Å²) in [5.41, 5.74) is 1.53. The maximum atomic E-state index is 10.2. The molecular formula is C4H4N3OS. The molecule has 0 spiro atoms. The van der Waals surface area contributed by atoms with E-state index in [1.165, 1.54) is 16.8 Å². The Kier molecular flexibility index (Phi) is 1.74. The Balaban J connectivity index is 2.58. The Bertz CT molecular complexity index is 196. The molecule has 0 atom stereocenters. The molecule has 0 bridgehead atoms. The molecule has 1 amide bonds. The Morgan fingerprint density at radius 1 is 1.89 bits per heavy atom. The summed E-state index contributed by atoms with van der Waals surface area (Å²) in [6.45, 7) is 3.10. The van der Waals surface area contributed by atoms with E-state index in [-0.39, 0.29) is 5.91 Å². The van der Waals surface area contributed by atoms with E-state index in [4.69, 9.17) is 0 Å². The van der Waals surface area contributed by atoms with Crippen molar-refractivity contribution in [1.82, 2.24) is 10.2 Å². The van der Waals surface area contributed by atoms with Crippen molar-refractivity contribution in [3.8, 4) is 0 Å². The van der Waals surface area contributed by atoms with Gasteiger partial charge < -0.3 is 5.32 Å². The number of amides is 1. The topological polar surface area (TPSA) is 54.9 Å². The van der Waals surface area contributed by atoms with Crippen molar-refractivity contribution >= 4 is 22.4 Å². The fourth-order valence-corrected chi connectivity index (χ4v) is 0.808. The average Bonchev–Trinajstić information content (AvgIpc) is 2.15. The van der Waals surface area contributed by atoms with Gasteiger partial charge in [-0.1, -0.05) is 11.3 Å². The van der Waals surface area contributed by atoms with E-state index in [9.17, 15) is 4.79 Å². The van der Waals surface area contributed by atoms with E-state index in [1.54, 1.807) is 0 Å². The highest BCUT2D eigenvalue weighted by Crippen LogP contribution is 2.06. The van der Waals surface area contributed by atoms with Crippen molar-refractivity contribution in [2.45, 2.75) is 0 Å². The zero-order valence-corrected chi connectivity index (χ0v) is 5.31. The molecule has 0 fully saturated rings. The van der Waals surface area contributed by atoms with Crippen LogP contribution in [-0.4, -0.2) is 16.1 Å². The molecular weight excluding hydrogens is 138 g/mol. The van der Waals surface area contributed by atoms with E-state index >= 15 is 0 Å². The minimum Gasteiger partial charge on any atom is -0.301 e. The van der Waals surface area contributed by atoms with Gasteiger partial charge in [-0.3, -0.25) is 4.79 Å². The van der Waals surface area contributed by atoms with Crippen LogP contribution in [0.2, 0.25) is 0 Å². The fourth-order valence-electron chi connectivity index (χ4n) is 0.347. The van der Waals surface area contributed by atoms with Gasteiger partial charge in [0.2, 0.25) is 11.0 Å². The number of rotatable bonds is 1. The maximum absolute atomic E-state index is 10.2. The van der Waals surface area contributed by atoms with Crippen molar-refractivity contribution < 1.29 is 4.79 Å². The predicted molar refractivity (Wildman–Crippen MR) is 33.9 cm³/mol. The van der Waals surface area contributed by atoms with Gasteiger partial charge in [0.25, 0.3) is 0 Å². The number of carbonyl (C=O) groups is 1. The lowest BCUT2D eigenvalue weighted by Crippen LogP contribution is -2.05. The minimum absolute atomic E-state index is 0.369. The van der Waals surface area contributed by atoms with E-state index in [0.29, 0.717) is 5.13 Å². The lowest BCUT2D eigenvalue weighted by molar-refractivity contribution is -0.112. The summed E-state index contributed by atoms with van der Waals surface area (Å²) in [5.74, 6) is -0.369. The molecule has 1 rings (SSSR count). The molecule has 0 saturated heterocycles. The molecule has 0 aliphatic rings. The molecule has 0 aliphatic carbocycles. The molecule has 1 aromatic heterocycles. The van der Waals surface area contributed by atoms with Gasteiger partial charge in [-0.05, 0) is 0 Å². The third-order valence-corrected chi connectivity index (χ3v) is 1.21. The van der Waals surface area contributed by atoms with E-state index in [0.717, 1.165) is 0 Å². The summed E-state index contributed by atoms with van der Waals surface area (Å²) in [4.78, 5) is 10.2. The van der Waals surface area contributed by atoms with Crippen LogP contribution in [-0.2, 0) is 4.79 Å². The first-order valence-electron chi connectivity index (χ1n) is 2.18. The van der Waals surface area contributed by atoms with Crippen LogP contribution in [0.15, 0.2) is 5.51 Å². The van der Waals surface area contributed by atoms with Gasteiger partial charge in [-0.25, -0.2) is 0 Å². The fraction of sp³-hybridized carbons (Fsp3) is 0. The standard InChI is InChI=1S/C4H4N3OS/c1-3(8)6-4-7-5-2-9-4/h2H,1H2,(H,6,7,8). The van der Waals surface area contributed by atoms with Gasteiger partial charge >= 0.3 is 0 Å². The molecule has 0 saturated carbocycles. The molecule has 1 N–H and O–H groups in total. The van der Waals surface area contributed by atoms with Crippen LogP contribution >= 0.6 is 11.3 Å². The van der Waals surface area contributed by atoms with Crippen molar-refractivity contribution in [3.63, 3.8) is 0 Å². The highest BCUT2D eigenvalue weighted by molar-refractivity contribution is 7.13. The number of nitrogens with one attached hydrogen (secondary N) is 1. The molecule has 47 valence electrons. The molecule has 1 aromatic rings. The van der Waals surface area contributed by atoms with Gasteiger partial charge in [0.05, 0.1) is 0 Å². The Morgan fingerprint density at radius 2 is 2.67 bits per heavy atom. The molecule has 4 nitrogen and oxygen atoms in total. The smallest absolute Gasteiger partial charge is 0.226 e. The van der Waals surface area contributed by atoms with Crippen LogP contribution in [0.5, 0.6) is 0 Å². The Labute approximate surface area is 55.9 Å². The maximum Gasteiger partial charge on any atom is 0.226 e. The van der Waals surface area contributed by atoms with E-state index < -0.39 is 0 Å². The summed E-state index contributed by atoms with van der Waals surface area (Å²) in [6, 6.07) is 0. The second-order valence-corrected chi connectivity index (χ2v) is 2.13. The first-order chi connectivity index (χ1) is 4.29. The average molecular weight is 142 g/mol. The molecule has 9 heavy (non-hydrogen) atoms. The normalized spacial score (nSPS) is 9.00. The predicted octanol–water partition coefficient (Wildman–Crippen LogP) is 0.311. The molecule has 5 heteroatoms. The third-order valence-electron chi connectivity index (χ3n) is 0.606. The van der Waals surface area contributed by atoms with Crippen LogP contribution in [0.4, 0.5) is 5.13 Å². The van der Waals surface area contributed by atoms with Crippen molar-refractivity contribution in [3.05, 3.63) is 12.4 Å².